The summed E-state index contributed by atoms with van der Waals surface area (Å²) in [4.78, 5) is 28.2. The Morgan fingerprint density at radius 2 is 1.96 bits per heavy atom. The van der Waals surface area contributed by atoms with E-state index in [4.69, 9.17) is 4.74 Å². The minimum atomic E-state index is -0.643. The van der Waals surface area contributed by atoms with Gasteiger partial charge in [-0.05, 0) is 42.2 Å². The van der Waals surface area contributed by atoms with E-state index >= 15 is 0 Å². The Morgan fingerprint density at radius 3 is 2.64 bits per heavy atom. The molecular weight excluding hydrogens is 358 g/mol. The number of amides is 2. The fourth-order valence-electron chi connectivity index (χ4n) is 2.60. The van der Waals surface area contributed by atoms with E-state index in [2.05, 4.69) is 20.4 Å². The summed E-state index contributed by atoms with van der Waals surface area (Å²) in [6.45, 7) is 4.68. The number of methoxy groups -OCH3 is 1. The largest absolute Gasteiger partial charge is 0.487 e. The first kappa shape index (κ1) is 21.2. The van der Waals surface area contributed by atoms with Crippen molar-refractivity contribution < 1.29 is 19.1 Å². The average Bonchev–Trinajstić information content (AvgIpc) is 2.70. The van der Waals surface area contributed by atoms with Gasteiger partial charge in [-0.3, -0.25) is 9.78 Å². The Balaban J connectivity index is 1.91. The van der Waals surface area contributed by atoms with Crippen LogP contribution >= 0.6 is 0 Å². The fraction of sp³-hybridized carbons (Fsp3) is 0.381. The molecule has 1 atom stereocenters. The number of nitrogens with zero attached hydrogens (tertiary/aromatic N) is 1. The van der Waals surface area contributed by atoms with Crippen molar-refractivity contribution >= 4 is 12.0 Å². The van der Waals surface area contributed by atoms with Crippen LogP contribution in [0.1, 0.15) is 31.5 Å². The lowest BCUT2D eigenvalue weighted by Gasteiger charge is -2.19. The molecule has 2 aromatic rings. The smallest absolute Gasteiger partial charge is 0.407 e. The van der Waals surface area contributed by atoms with E-state index in [1.54, 1.807) is 6.20 Å². The van der Waals surface area contributed by atoms with E-state index < -0.39 is 12.1 Å². The van der Waals surface area contributed by atoms with Crippen LogP contribution in [0.2, 0.25) is 0 Å². The highest BCUT2D eigenvalue weighted by molar-refractivity contribution is 5.85. The van der Waals surface area contributed by atoms with E-state index in [1.807, 2.05) is 56.3 Å². The molecule has 150 valence electrons. The number of carbonyl (C=O) groups excluding carboxylic acids is 2. The zero-order valence-corrected chi connectivity index (χ0v) is 16.5. The molecule has 1 aromatic carbocycles. The SMILES string of the molecule is COC(=O)NC(CC(C)C)C(=O)NCc1cccc(OCc2ccccn2)c1. The molecule has 7 nitrogen and oxygen atoms in total. The molecule has 0 aliphatic rings. The normalized spacial score (nSPS) is 11.6. The van der Waals surface area contributed by atoms with Gasteiger partial charge in [0.05, 0.1) is 12.8 Å². The van der Waals surface area contributed by atoms with Crippen molar-refractivity contribution in [3.05, 3.63) is 59.9 Å². The lowest BCUT2D eigenvalue weighted by molar-refractivity contribution is -0.123. The minimum absolute atomic E-state index is 0.247. The quantitative estimate of drug-likeness (QED) is 0.692. The second-order valence-corrected chi connectivity index (χ2v) is 6.79. The molecule has 7 heteroatoms. The van der Waals surface area contributed by atoms with Gasteiger partial charge in [-0.1, -0.05) is 32.0 Å². The van der Waals surface area contributed by atoms with Crippen LogP contribution in [0, 0.1) is 5.92 Å². The number of ether oxygens (including phenoxy) is 2. The van der Waals surface area contributed by atoms with Crippen LogP contribution in [0.3, 0.4) is 0 Å². The standard InChI is InChI=1S/C21H27N3O4/c1-15(2)11-19(24-21(26)27-3)20(25)23-13-16-7-6-9-18(12-16)28-14-17-8-4-5-10-22-17/h4-10,12,15,19H,11,13-14H2,1-3H3,(H,23,25)(H,24,26). The van der Waals surface area contributed by atoms with Crippen molar-refractivity contribution in [2.45, 2.75) is 39.5 Å². The summed E-state index contributed by atoms with van der Waals surface area (Å²) in [6.07, 6.45) is 1.63. The van der Waals surface area contributed by atoms with E-state index in [1.165, 1.54) is 7.11 Å². The van der Waals surface area contributed by atoms with Gasteiger partial charge in [-0.25, -0.2) is 4.79 Å². The summed E-state index contributed by atoms with van der Waals surface area (Å²) >= 11 is 0. The van der Waals surface area contributed by atoms with Gasteiger partial charge in [0.15, 0.2) is 0 Å². The molecule has 2 rings (SSSR count). The van der Waals surface area contributed by atoms with Gasteiger partial charge >= 0.3 is 6.09 Å². The Morgan fingerprint density at radius 1 is 1.14 bits per heavy atom. The van der Waals surface area contributed by atoms with Gasteiger partial charge in [0, 0.05) is 12.7 Å². The molecule has 0 aliphatic carbocycles. The van der Waals surface area contributed by atoms with Crippen LogP contribution in [-0.4, -0.2) is 30.1 Å². The molecule has 0 saturated carbocycles. The molecule has 2 N–H and O–H groups in total. The molecule has 2 amide bonds. The maximum absolute atomic E-state index is 12.5. The van der Waals surface area contributed by atoms with Crippen LogP contribution in [0.5, 0.6) is 5.75 Å². The summed E-state index contributed by atoms with van der Waals surface area (Å²) in [6, 6.07) is 12.5. The molecule has 0 aliphatic heterocycles. The monoisotopic (exact) mass is 385 g/mol. The van der Waals surface area contributed by atoms with Crippen LogP contribution in [0.15, 0.2) is 48.7 Å². The summed E-state index contributed by atoms with van der Waals surface area (Å²) in [5.41, 5.74) is 1.74. The first-order valence-electron chi connectivity index (χ1n) is 9.21. The third-order valence-corrected chi connectivity index (χ3v) is 3.98. The van der Waals surface area contributed by atoms with Crippen LogP contribution < -0.4 is 15.4 Å². The lowest BCUT2D eigenvalue weighted by Crippen LogP contribution is -2.47. The maximum atomic E-state index is 12.5. The van der Waals surface area contributed by atoms with Crippen molar-refractivity contribution in [2.24, 2.45) is 5.92 Å². The number of hydrogen-bond donors (Lipinski definition) is 2. The van der Waals surface area contributed by atoms with Gasteiger partial charge in [0.1, 0.15) is 18.4 Å². The second kappa shape index (κ2) is 10.9. The summed E-state index contributed by atoms with van der Waals surface area (Å²) in [7, 11) is 1.27. The van der Waals surface area contributed by atoms with E-state index in [0.717, 1.165) is 11.3 Å². The highest BCUT2D eigenvalue weighted by Gasteiger charge is 2.22. The third-order valence-electron chi connectivity index (χ3n) is 3.98. The number of rotatable bonds is 9. The van der Waals surface area contributed by atoms with Crippen molar-refractivity contribution in [1.29, 1.82) is 0 Å². The van der Waals surface area contributed by atoms with Gasteiger partial charge < -0.3 is 20.1 Å². The number of hydrogen-bond acceptors (Lipinski definition) is 5. The van der Waals surface area contributed by atoms with Gasteiger partial charge in [-0.15, -0.1) is 0 Å². The molecule has 1 aromatic heterocycles. The molecule has 28 heavy (non-hydrogen) atoms. The first-order chi connectivity index (χ1) is 13.5. The highest BCUT2D eigenvalue weighted by atomic mass is 16.5. The molecule has 0 spiro atoms. The van der Waals surface area contributed by atoms with Crippen LogP contribution in [0.4, 0.5) is 4.79 Å². The lowest BCUT2D eigenvalue weighted by atomic mass is 10.0. The average molecular weight is 385 g/mol. The first-order valence-corrected chi connectivity index (χ1v) is 9.21. The number of pyridine rings is 1. The number of benzene rings is 1. The molecule has 1 heterocycles. The molecule has 0 radical (unpaired) electrons. The summed E-state index contributed by atoms with van der Waals surface area (Å²) in [5.74, 6) is 0.693. The Bertz CT molecular complexity index is 765. The van der Waals surface area contributed by atoms with Crippen LogP contribution in [-0.2, 0) is 22.7 Å². The van der Waals surface area contributed by atoms with E-state index in [-0.39, 0.29) is 11.8 Å². The number of nitrogens with one attached hydrogen (secondary N) is 2. The number of alkyl carbamates (subject to hydrolysis) is 1. The predicted octanol–water partition coefficient (Wildman–Crippen LogP) is 3.05. The molecular formula is C21H27N3O4. The van der Waals surface area contributed by atoms with Crippen molar-refractivity contribution in [3.8, 4) is 5.75 Å². The summed E-state index contributed by atoms with van der Waals surface area (Å²) in [5, 5.41) is 5.44. The predicted molar refractivity (Wildman–Crippen MR) is 106 cm³/mol. The number of aromatic nitrogens is 1. The van der Waals surface area contributed by atoms with Crippen LogP contribution in [0.25, 0.3) is 0 Å². The Labute approximate surface area is 165 Å². The third kappa shape index (κ3) is 7.26. The maximum Gasteiger partial charge on any atom is 0.407 e. The summed E-state index contributed by atoms with van der Waals surface area (Å²) < 4.78 is 10.4. The van der Waals surface area contributed by atoms with Crippen molar-refractivity contribution in [3.63, 3.8) is 0 Å². The zero-order chi connectivity index (χ0) is 20.4. The van der Waals surface area contributed by atoms with Crippen molar-refractivity contribution in [2.75, 3.05) is 7.11 Å². The van der Waals surface area contributed by atoms with Gasteiger partial charge in [-0.2, -0.15) is 0 Å². The zero-order valence-electron chi connectivity index (χ0n) is 16.5. The number of carbonyl (C=O) groups is 2. The van der Waals surface area contributed by atoms with E-state index in [9.17, 15) is 9.59 Å². The highest BCUT2D eigenvalue weighted by Crippen LogP contribution is 2.15. The Hall–Kier alpha value is -3.09. The second-order valence-electron chi connectivity index (χ2n) is 6.79. The van der Waals surface area contributed by atoms with E-state index in [0.29, 0.717) is 25.3 Å². The minimum Gasteiger partial charge on any atom is -0.487 e. The van der Waals surface area contributed by atoms with Crippen molar-refractivity contribution in [1.82, 2.24) is 15.6 Å². The fourth-order valence-corrected chi connectivity index (χ4v) is 2.60. The van der Waals surface area contributed by atoms with Gasteiger partial charge in [0.25, 0.3) is 0 Å². The van der Waals surface area contributed by atoms with Gasteiger partial charge in [0.2, 0.25) is 5.91 Å². The Kier molecular flexibility index (Phi) is 8.27. The molecule has 0 saturated heterocycles. The molecule has 0 fully saturated rings. The topological polar surface area (TPSA) is 89.5 Å². The molecule has 0 bridgehead atoms. The molecule has 1 unspecified atom stereocenters.